The largest absolute Gasteiger partial charge is 0.318 e. The monoisotopic (exact) mass is 260 g/mol. The average Bonchev–Trinajstić information content (AvgIpc) is 2.87. The summed E-state index contributed by atoms with van der Waals surface area (Å²) in [5.41, 5.74) is -0.212. The van der Waals surface area contributed by atoms with E-state index in [2.05, 4.69) is 12.2 Å². The van der Waals surface area contributed by atoms with Gasteiger partial charge in [0.2, 0.25) is 10.0 Å². The molecule has 0 spiro atoms. The Morgan fingerprint density at radius 1 is 1.29 bits per heavy atom. The molecule has 2 rings (SSSR count). The van der Waals surface area contributed by atoms with Gasteiger partial charge in [0.15, 0.2) is 0 Å². The summed E-state index contributed by atoms with van der Waals surface area (Å²) in [5, 5.41) is 3.02. The van der Waals surface area contributed by atoms with Gasteiger partial charge in [-0.1, -0.05) is 12.8 Å². The van der Waals surface area contributed by atoms with Gasteiger partial charge in [0.25, 0.3) is 0 Å². The molecule has 1 aliphatic heterocycles. The topological polar surface area (TPSA) is 49.4 Å². The Labute approximate surface area is 105 Å². The van der Waals surface area contributed by atoms with Gasteiger partial charge in [0.05, 0.1) is 5.25 Å². The Morgan fingerprint density at radius 2 is 1.94 bits per heavy atom. The van der Waals surface area contributed by atoms with E-state index in [0.29, 0.717) is 6.54 Å². The standard InChI is InChI=1S/C12H24N2O2S/c1-12(10-13-2)8-5-9-14(12)17(15,16)11-6-3-4-7-11/h11,13H,3-10H2,1-2H3. The molecule has 1 saturated heterocycles. The molecule has 2 fully saturated rings. The van der Waals surface area contributed by atoms with Gasteiger partial charge in [0, 0.05) is 18.6 Å². The molecule has 1 aliphatic carbocycles. The lowest BCUT2D eigenvalue weighted by Gasteiger charge is -2.36. The molecular weight excluding hydrogens is 236 g/mol. The molecule has 1 saturated carbocycles. The van der Waals surface area contributed by atoms with Gasteiger partial charge in [0.1, 0.15) is 0 Å². The van der Waals surface area contributed by atoms with Crippen molar-refractivity contribution in [3.8, 4) is 0 Å². The molecule has 0 aromatic rings. The van der Waals surface area contributed by atoms with Crippen LogP contribution in [-0.2, 0) is 10.0 Å². The van der Waals surface area contributed by atoms with E-state index >= 15 is 0 Å². The number of sulfonamides is 1. The van der Waals surface area contributed by atoms with Crippen molar-refractivity contribution in [3.63, 3.8) is 0 Å². The van der Waals surface area contributed by atoms with Crippen LogP contribution in [0.2, 0.25) is 0 Å². The predicted molar refractivity (Wildman–Crippen MR) is 69.4 cm³/mol. The molecule has 0 bridgehead atoms. The second-order valence-corrected chi connectivity index (χ2v) is 7.79. The van der Waals surface area contributed by atoms with E-state index < -0.39 is 10.0 Å². The Hall–Kier alpha value is -0.130. The number of nitrogens with one attached hydrogen (secondary N) is 1. The van der Waals surface area contributed by atoms with Crippen LogP contribution in [0.5, 0.6) is 0 Å². The van der Waals surface area contributed by atoms with Gasteiger partial charge in [-0.3, -0.25) is 0 Å². The van der Waals surface area contributed by atoms with Crippen LogP contribution < -0.4 is 5.32 Å². The highest BCUT2D eigenvalue weighted by atomic mass is 32.2. The number of hydrogen-bond donors (Lipinski definition) is 1. The number of hydrogen-bond acceptors (Lipinski definition) is 3. The molecule has 1 heterocycles. The quantitative estimate of drug-likeness (QED) is 0.829. The van der Waals surface area contributed by atoms with Crippen molar-refractivity contribution in [2.75, 3.05) is 20.1 Å². The number of likely N-dealkylation sites (N-methyl/N-ethyl adjacent to an activating group) is 1. The van der Waals surface area contributed by atoms with Crippen LogP contribution in [0.3, 0.4) is 0 Å². The SMILES string of the molecule is CNCC1(C)CCCN1S(=O)(=O)C1CCCC1. The van der Waals surface area contributed by atoms with Crippen LogP contribution in [0.4, 0.5) is 0 Å². The lowest BCUT2D eigenvalue weighted by molar-refractivity contribution is 0.257. The first-order valence-electron chi connectivity index (χ1n) is 6.67. The van der Waals surface area contributed by atoms with Crippen molar-refractivity contribution in [2.45, 2.75) is 56.2 Å². The fourth-order valence-electron chi connectivity index (χ4n) is 3.36. The van der Waals surface area contributed by atoms with Gasteiger partial charge in [-0.05, 0) is 39.7 Å². The first kappa shape index (κ1) is 13.3. The molecule has 0 aromatic carbocycles. The van der Waals surface area contributed by atoms with Crippen molar-refractivity contribution in [2.24, 2.45) is 0 Å². The van der Waals surface area contributed by atoms with E-state index in [1.807, 2.05) is 7.05 Å². The molecule has 1 N–H and O–H groups in total. The first-order chi connectivity index (χ1) is 8.00. The highest BCUT2D eigenvalue weighted by molar-refractivity contribution is 7.89. The van der Waals surface area contributed by atoms with Crippen molar-refractivity contribution in [1.29, 1.82) is 0 Å². The molecule has 0 amide bonds. The van der Waals surface area contributed by atoms with Crippen LogP contribution in [0, 0.1) is 0 Å². The van der Waals surface area contributed by atoms with Crippen molar-refractivity contribution < 1.29 is 8.42 Å². The molecule has 1 unspecified atom stereocenters. The summed E-state index contributed by atoms with van der Waals surface area (Å²) in [5.74, 6) is 0. The molecule has 5 heteroatoms. The third-order valence-corrected chi connectivity index (χ3v) is 6.82. The van der Waals surface area contributed by atoms with Crippen molar-refractivity contribution in [1.82, 2.24) is 9.62 Å². The highest BCUT2D eigenvalue weighted by Crippen LogP contribution is 2.36. The summed E-state index contributed by atoms with van der Waals surface area (Å²) in [7, 11) is -1.18. The first-order valence-corrected chi connectivity index (χ1v) is 8.17. The van der Waals surface area contributed by atoms with E-state index in [1.54, 1.807) is 4.31 Å². The fraction of sp³-hybridized carbons (Fsp3) is 1.00. The van der Waals surface area contributed by atoms with Crippen LogP contribution >= 0.6 is 0 Å². The van der Waals surface area contributed by atoms with Gasteiger partial charge >= 0.3 is 0 Å². The maximum absolute atomic E-state index is 12.6. The van der Waals surface area contributed by atoms with Crippen LogP contribution in [0.1, 0.15) is 45.4 Å². The molecule has 0 aromatic heterocycles. The predicted octanol–water partition coefficient (Wildman–Crippen LogP) is 1.33. The van der Waals surface area contributed by atoms with Crippen LogP contribution in [0.15, 0.2) is 0 Å². The highest BCUT2D eigenvalue weighted by Gasteiger charge is 2.46. The number of rotatable bonds is 4. The third-order valence-electron chi connectivity index (χ3n) is 4.27. The molecular formula is C12H24N2O2S. The normalized spacial score (nSPS) is 32.4. The van der Waals surface area contributed by atoms with Gasteiger partial charge in [-0.2, -0.15) is 4.31 Å². The molecule has 1 atom stereocenters. The smallest absolute Gasteiger partial charge is 0.217 e. The second-order valence-electron chi connectivity index (χ2n) is 5.65. The van der Waals surface area contributed by atoms with Crippen molar-refractivity contribution >= 4 is 10.0 Å². The minimum absolute atomic E-state index is 0.114. The van der Waals surface area contributed by atoms with E-state index in [9.17, 15) is 8.42 Å². The van der Waals surface area contributed by atoms with E-state index in [1.165, 1.54) is 0 Å². The third kappa shape index (κ3) is 2.37. The molecule has 4 nitrogen and oxygen atoms in total. The van der Waals surface area contributed by atoms with Crippen LogP contribution in [0.25, 0.3) is 0 Å². The summed E-state index contributed by atoms with van der Waals surface area (Å²) in [6.07, 6.45) is 5.81. The van der Waals surface area contributed by atoms with Gasteiger partial charge in [-0.25, -0.2) is 8.42 Å². The summed E-state index contributed by atoms with van der Waals surface area (Å²) in [6.45, 7) is 3.53. The minimum Gasteiger partial charge on any atom is -0.318 e. The van der Waals surface area contributed by atoms with Crippen LogP contribution in [-0.4, -0.2) is 43.6 Å². The minimum atomic E-state index is -3.07. The van der Waals surface area contributed by atoms with Gasteiger partial charge < -0.3 is 5.32 Å². The van der Waals surface area contributed by atoms with E-state index in [4.69, 9.17) is 0 Å². The molecule has 17 heavy (non-hydrogen) atoms. The Bertz CT molecular complexity index is 363. The zero-order valence-electron chi connectivity index (χ0n) is 10.9. The maximum Gasteiger partial charge on any atom is 0.217 e. The maximum atomic E-state index is 12.6. The molecule has 2 aliphatic rings. The lowest BCUT2D eigenvalue weighted by atomic mass is 10.0. The zero-order chi connectivity index (χ0) is 12.5. The molecule has 0 radical (unpaired) electrons. The summed E-state index contributed by atoms with van der Waals surface area (Å²) in [4.78, 5) is 0. The summed E-state index contributed by atoms with van der Waals surface area (Å²) < 4.78 is 27.0. The Morgan fingerprint density at radius 3 is 2.53 bits per heavy atom. The molecule has 100 valence electrons. The number of nitrogens with zero attached hydrogens (tertiary/aromatic N) is 1. The lowest BCUT2D eigenvalue weighted by Crippen LogP contribution is -2.52. The Balaban J connectivity index is 2.20. The Kier molecular flexibility index (Phi) is 3.80. The van der Waals surface area contributed by atoms with E-state index in [0.717, 1.165) is 45.1 Å². The van der Waals surface area contributed by atoms with E-state index in [-0.39, 0.29) is 10.8 Å². The summed E-state index contributed by atoms with van der Waals surface area (Å²) >= 11 is 0. The average molecular weight is 260 g/mol. The fourth-order valence-corrected chi connectivity index (χ4v) is 5.80. The summed E-state index contributed by atoms with van der Waals surface area (Å²) in [6, 6.07) is 0. The van der Waals surface area contributed by atoms with Gasteiger partial charge in [-0.15, -0.1) is 0 Å². The second kappa shape index (κ2) is 4.86. The van der Waals surface area contributed by atoms with Crippen molar-refractivity contribution in [3.05, 3.63) is 0 Å². The zero-order valence-corrected chi connectivity index (χ0v) is 11.7.